The molecule has 1 saturated heterocycles. The summed E-state index contributed by atoms with van der Waals surface area (Å²) in [7, 11) is -1.13. The van der Waals surface area contributed by atoms with E-state index >= 15 is 0 Å². The first kappa shape index (κ1) is 11.3. The number of hydrogen-bond donors (Lipinski definition) is 1. The highest BCUT2D eigenvalue weighted by Crippen LogP contribution is 2.44. The number of rotatable bonds is 3. The molecule has 0 amide bonds. The zero-order valence-corrected chi connectivity index (χ0v) is 9.96. The molecular weight excluding hydrogens is 214 g/mol. The van der Waals surface area contributed by atoms with Crippen LogP contribution in [0.3, 0.4) is 0 Å². The third-order valence-electron chi connectivity index (χ3n) is 3.53. The molecule has 0 atom stereocenters. The third kappa shape index (κ3) is 1.80. The summed E-state index contributed by atoms with van der Waals surface area (Å²) in [5.41, 5.74) is 5.57. The minimum Gasteiger partial charge on any atom is -0.329 e. The summed E-state index contributed by atoms with van der Waals surface area (Å²) in [5, 5.41) is 0. The van der Waals surface area contributed by atoms with Crippen molar-refractivity contribution in [2.24, 2.45) is 5.73 Å². The highest BCUT2D eigenvalue weighted by atomic mass is 32.2. The Balaban J connectivity index is 2.10. The fourth-order valence-electron chi connectivity index (χ4n) is 2.01. The summed E-state index contributed by atoms with van der Waals surface area (Å²) >= 11 is 0. The summed E-state index contributed by atoms with van der Waals surface area (Å²) in [6.07, 6.45) is 1.47. The molecule has 0 unspecified atom stereocenters. The van der Waals surface area contributed by atoms with Crippen molar-refractivity contribution in [3.05, 3.63) is 0 Å². The molecule has 0 bridgehead atoms. The van der Waals surface area contributed by atoms with Gasteiger partial charge in [-0.2, -0.15) is 4.31 Å². The van der Waals surface area contributed by atoms with E-state index in [-0.39, 0.29) is 6.54 Å². The Bertz CT molecular complexity index is 329. The topological polar surface area (TPSA) is 66.6 Å². The second-order valence-corrected chi connectivity index (χ2v) is 6.93. The maximum absolute atomic E-state index is 12.2. The zero-order chi connectivity index (χ0) is 11.1. The van der Waals surface area contributed by atoms with E-state index < -0.39 is 14.8 Å². The molecule has 6 heteroatoms. The summed E-state index contributed by atoms with van der Waals surface area (Å²) in [6.45, 7) is 3.13. The number of nitrogens with zero attached hydrogens (tertiary/aromatic N) is 2. The number of piperazine rings is 1. The Morgan fingerprint density at radius 3 is 2.13 bits per heavy atom. The standard InChI is InChI=1S/C9H19N3O2S/c1-11-4-6-12(7-5-11)15(13,14)9(8-10)2-3-9/h2-8,10H2,1H3. The van der Waals surface area contributed by atoms with Crippen molar-refractivity contribution in [2.45, 2.75) is 17.6 Å². The fraction of sp³-hybridized carbons (Fsp3) is 1.00. The van der Waals surface area contributed by atoms with Crippen LogP contribution in [0.2, 0.25) is 0 Å². The van der Waals surface area contributed by atoms with E-state index in [1.54, 1.807) is 4.31 Å². The van der Waals surface area contributed by atoms with Crippen LogP contribution in [0.25, 0.3) is 0 Å². The predicted octanol–water partition coefficient (Wildman–Crippen LogP) is -0.945. The Labute approximate surface area is 91.3 Å². The van der Waals surface area contributed by atoms with Crippen LogP contribution >= 0.6 is 0 Å². The van der Waals surface area contributed by atoms with E-state index in [0.717, 1.165) is 25.9 Å². The largest absolute Gasteiger partial charge is 0.329 e. The van der Waals surface area contributed by atoms with Gasteiger partial charge in [0.1, 0.15) is 0 Å². The van der Waals surface area contributed by atoms with Crippen molar-refractivity contribution >= 4 is 10.0 Å². The highest BCUT2D eigenvalue weighted by Gasteiger charge is 2.55. The van der Waals surface area contributed by atoms with Crippen molar-refractivity contribution in [2.75, 3.05) is 39.8 Å². The molecule has 0 radical (unpaired) electrons. The Morgan fingerprint density at radius 2 is 1.73 bits per heavy atom. The van der Waals surface area contributed by atoms with Crippen LogP contribution in [0.15, 0.2) is 0 Å². The minimum absolute atomic E-state index is 0.266. The van der Waals surface area contributed by atoms with Gasteiger partial charge >= 0.3 is 0 Å². The van der Waals surface area contributed by atoms with Gasteiger partial charge in [-0.05, 0) is 19.9 Å². The van der Waals surface area contributed by atoms with E-state index in [2.05, 4.69) is 4.90 Å². The molecular formula is C9H19N3O2S. The smallest absolute Gasteiger partial charge is 0.221 e. The Kier molecular flexibility index (Phi) is 2.79. The molecule has 88 valence electrons. The molecule has 1 aliphatic heterocycles. The molecule has 15 heavy (non-hydrogen) atoms. The number of nitrogens with two attached hydrogens (primary N) is 1. The van der Waals surface area contributed by atoms with E-state index in [9.17, 15) is 8.42 Å². The lowest BCUT2D eigenvalue weighted by molar-refractivity contribution is 0.220. The van der Waals surface area contributed by atoms with Gasteiger partial charge in [-0.3, -0.25) is 0 Å². The van der Waals surface area contributed by atoms with E-state index in [0.29, 0.717) is 13.1 Å². The van der Waals surface area contributed by atoms with E-state index in [4.69, 9.17) is 5.73 Å². The first-order valence-corrected chi connectivity index (χ1v) is 6.84. The van der Waals surface area contributed by atoms with Gasteiger partial charge in [0.2, 0.25) is 10.0 Å². The van der Waals surface area contributed by atoms with Gasteiger partial charge in [0.15, 0.2) is 0 Å². The monoisotopic (exact) mass is 233 g/mol. The van der Waals surface area contributed by atoms with Gasteiger partial charge in [0.25, 0.3) is 0 Å². The van der Waals surface area contributed by atoms with Gasteiger partial charge in [-0.15, -0.1) is 0 Å². The van der Waals surface area contributed by atoms with Crippen LogP contribution in [0, 0.1) is 0 Å². The number of hydrogen-bond acceptors (Lipinski definition) is 4. The zero-order valence-electron chi connectivity index (χ0n) is 9.15. The quantitative estimate of drug-likeness (QED) is 0.683. The lowest BCUT2D eigenvalue weighted by Gasteiger charge is -2.34. The molecule has 0 aromatic heterocycles. The molecule has 0 spiro atoms. The molecule has 1 aliphatic carbocycles. The molecule has 1 saturated carbocycles. The van der Waals surface area contributed by atoms with Gasteiger partial charge in [-0.25, -0.2) is 8.42 Å². The van der Waals surface area contributed by atoms with Crippen molar-refractivity contribution in [3.63, 3.8) is 0 Å². The molecule has 2 aliphatic rings. The number of sulfonamides is 1. The molecule has 0 aromatic carbocycles. The van der Waals surface area contributed by atoms with Crippen LogP contribution in [-0.4, -0.2) is 62.1 Å². The fourth-order valence-corrected chi connectivity index (χ4v) is 4.03. The molecule has 2 rings (SSSR count). The van der Waals surface area contributed by atoms with Crippen molar-refractivity contribution in [3.8, 4) is 0 Å². The predicted molar refractivity (Wildman–Crippen MR) is 59.0 cm³/mol. The van der Waals surface area contributed by atoms with Crippen molar-refractivity contribution in [1.82, 2.24) is 9.21 Å². The Morgan fingerprint density at radius 1 is 1.20 bits per heavy atom. The van der Waals surface area contributed by atoms with E-state index in [1.165, 1.54) is 0 Å². The summed E-state index contributed by atoms with van der Waals surface area (Å²) < 4.78 is 25.5. The minimum atomic E-state index is -3.14. The van der Waals surface area contributed by atoms with Crippen LogP contribution in [0.1, 0.15) is 12.8 Å². The van der Waals surface area contributed by atoms with Crippen LogP contribution in [0.4, 0.5) is 0 Å². The first-order chi connectivity index (χ1) is 7.02. The second-order valence-electron chi connectivity index (χ2n) is 4.59. The molecule has 2 fully saturated rings. The van der Waals surface area contributed by atoms with Gasteiger partial charge in [0, 0.05) is 32.7 Å². The summed E-state index contributed by atoms with van der Waals surface area (Å²) in [6, 6.07) is 0. The summed E-state index contributed by atoms with van der Waals surface area (Å²) in [5.74, 6) is 0. The molecule has 2 N–H and O–H groups in total. The molecule has 5 nitrogen and oxygen atoms in total. The third-order valence-corrected chi connectivity index (χ3v) is 6.24. The SMILES string of the molecule is CN1CCN(S(=O)(=O)C2(CN)CC2)CC1. The van der Waals surface area contributed by atoms with Gasteiger partial charge < -0.3 is 10.6 Å². The Hall–Kier alpha value is -0.170. The normalized spacial score (nSPS) is 27.9. The molecule has 0 aromatic rings. The highest BCUT2D eigenvalue weighted by molar-refractivity contribution is 7.90. The average Bonchev–Trinajstić information content (AvgIpc) is 2.99. The maximum atomic E-state index is 12.2. The van der Waals surface area contributed by atoms with Gasteiger partial charge in [0.05, 0.1) is 4.75 Å². The van der Waals surface area contributed by atoms with Gasteiger partial charge in [-0.1, -0.05) is 0 Å². The number of likely N-dealkylation sites (N-methyl/N-ethyl adjacent to an activating group) is 1. The van der Waals surface area contributed by atoms with E-state index in [1.807, 2.05) is 7.05 Å². The lowest BCUT2D eigenvalue weighted by atomic mass is 10.4. The first-order valence-electron chi connectivity index (χ1n) is 5.40. The molecule has 1 heterocycles. The average molecular weight is 233 g/mol. The summed E-state index contributed by atoms with van der Waals surface area (Å²) in [4.78, 5) is 2.15. The second kappa shape index (κ2) is 3.69. The maximum Gasteiger partial charge on any atom is 0.221 e. The lowest BCUT2D eigenvalue weighted by Crippen LogP contribution is -2.52. The van der Waals surface area contributed by atoms with Crippen molar-refractivity contribution < 1.29 is 8.42 Å². The van der Waals surface area contributed by atoms with Crippen LogP contribution in [0.5, 0.6) is 0 Å². The van der Waals surface area contributed by atoms with Crippen LogP contribution < -0.4 is 5.73 Å². The van der Waals surface area contributed by atoms with Crippen LogP contribution in [-0.2, 0) is 10.0 Å². The van der Waals surface area contributed by atoms with Crippen molar-refractivity contribution in [1.29, 1.82) is 0 Å².